The third-order valence-corrected chi connectivity index (χ3v) is 3.65. The summed E-state index contributed by atoms with van der Waals surface area (Å²) in [6, 6.07) is 0. The molecule has 0 aromatic heterocycles. The van der Waals surface area contributed by atoms with Gasteiger partial charge < -0.3 is 15.5 Å². The van der Waals surface area contributed by atoms with Crippen molar-refractivity contribution in [2.75, 3.05) is 39.8 Å². The van der Waals surface area contributed by atoms with Gasteiger partial charge in [-0.25, -0.2) is 0 Å². The lowest BCUT2D eigenvalue weighted by atomic mass is 9.98. The van der Waals surface area contributed by atoms with E-state index in [4.69, 9.17) is 5.73 Å². The Morgan fingerprint density at radius 2 is 1.88 bits per heavy atom. The second-order valence-electron chi connectivity index (χ2n) is 5.11. The van der Waals surface area contributed by atoms with Crippen LogP contribution in [-0.4, -0.2) is 55.5 Å². The second kappa shape index (κ2) is 7.67. The number of hydrogen-bond acceptors (Lipinski definition) is 3. The maximum Gasteiger partial charge on any atom is 0.222 e. The minimum absolute atomic E-state index is 0.313. The van der Waals surface area contributed by atoms with Gasteiger partial charge >= 0.3 is 0 Å². The molecule has 4 heteroatoms. The zero-order valence-corrected chi connectivity index (χ0v) is 11.3. The summed E-state index contributed by atoms with van der Waals surface area (Å²) < 4.78 is 0. The highest BCUT2D eigenvalue weighted by molar-refractivity contribution is 5.76. The molecule has 1 fully saturated rings. The van der Waals surface area contributed by atoms with E-state index in [2.05, 4.69) is 18.9 Å². The third kappa shape index (κ3) is 5.04. The lowest BCUT2D eigenvalue weighted by Gasteiger charge is -2.32. The van der Waals surface area contributed by atoms with Gasteiger partial charge in [0.25, 0.3) is 0 Å². The van der Waals surface area contributed by atoms with Gasteiger partial charge in [0.05, 0.1) is 0 Å². The predicted octanol–water partition coefficient (Wildman–Crippen LogP) is 0.916. The monoisotopic (exact) mass is 241 g/mol. The number of rotatable bonds is 6. The van der Waals surface area contributed by atoms with E-state index >= 15 is 0 Å². The van der Waals surface area contributed by atoms with Crippen molar-refractivity contribution < 1.29 is 4.79 Å². The van der Waals surface area contributed by atoms with Crippen LogP contribution in [0.1, 0.15) is 32.6 Å². The Kier molecular flexibility index (Phi) is 6.52. The molecule has 0 aliphatic carbocycles. The summed E-state index contributed by atoms with van der Waals surface area (Å²) in [5.41, 5.74) is 5.71. The molecule has 0 bridgehead atoms. The lowest BCUT2D eigenvalue weighted by Crippen LogP contribution is -2.47. The van der Waals surface area contributed by atoms with Crippen molar-refractivity contribution in [2.24, 2.45) is 11.7 Å². The molecule has 1 amide bonds. The van der Waals surface area contributed by atoms with Crippen molar-refractivity contribution >= 4 is 5.91 Å². The van der Waals surface area contributed by atoms with Crippen LogP contribution in [0.2, 0.25) is 0 Å². The Morgan fingerprint density at radius 3 is 2.41 bits per heavy atom. The highest BCUT2D eigenvalue weighted by atomic mass is 16.2. The van der Waals surface area contributed by atoms with E-state index in [0.717, 1.165) is 45.4 Å². The second-order valence-corrected chi connectivity index (χ2v) is 5.11. The molecule has 1 aliphatic heterocycles. The van der Waals surface area contributed by atoms with Gasteiger partial charge in [0.2, 0.25) is 5.91 Å². The van der Waals surface area contributed by atoms with Crippen LogP contribution < -0.4 is 5.73 Å². The smallest absolute Gasteiger partial charge is 0.222 e. The molecule has 0 aromatic rings. The van der Waals surface area contributed by atoms with E-state index in [1.807, 2.05) is 4.90 Å². The molecular weight excluding hydrogens is 214 g/mol. The average Bonchev–Trinajstić information content (AvgIpc) is 2.35. The van der Waals surface area contributed by atoms with Crippen molar-refractivity contribution in [3.63, 3.8) is 0 Å². The van der Waals surface area contributed by atoms with Gasteiger partial charge in [0, 0.05) is 32.6 Å². The van der Waals surface area contributed by atoms with E-state index in [-0.39, 0.29) is 0 Å². The minimum atomic E-state index is 0.313. The quantitative estimate of drug-likeness (QED) is 0.752. The molecule has 0 radical (unpaired) electrons. The average molecular weight is 241 g/mol. The van der Waals surface area contributed by atoms with Crippen LogP contribution in [0.3, 0.4) is 0 Å². The van der Waals surface area contributed by atoms with Crippen LogP contribution in [-0.2, 0) is 4.79 Å². The maximum absolute atomic E-state index is 12.0. The number of nitrogens with zero attached hydrogens (tertiary/aromatic N) is 2. The molecule has 1 unspecified atom stereocenters. The topological polar surface area (TPSA) is 49.6 Å². The van der Waals surface area contributed by atoms with Gasteiger partial charge in [-0.15, -0.1) is 0 Å². The molecule has 1 saturated heterocycles. The van der Waals surface area contributed by atoms with Crippen LogP contribution in [0, 0.1) is 5.92 Å². The van der Waals surface area contributed by atoms with Gasteiger partial charge in [-0.2, -0.15) is 0 Å². The molecule has 2 N–H and O–H groups in total. The zero-order valence-electron chi connectivity index (χ0n) is 11.3. The summed E-state index contributed by atoms with van der Waals surface area (Å²) in [4.78, 5) is 16.3. The SMILES string of the molecule is CCCC(CN)CCC(=O)N1CCN(C)CC1. The molecule has 0 aromatic carbocycles. The summed E-state index contributed by atoms with van der Waals surface area (Å²) in [5.74, 6) is 0.837. The summed E-state index contributed by atoms with van der Waals surface area (Å²) in [7, 11) is 2.10. The van der Waals surface area contributed by atoms with Crippen molar-refractivity contribution in [3.05, 3.63) is 0 Å². The fourth-order valence-electron chi connectivity index (χ4n) is 2.33. The van der Waals surface area contributed by atoms with Gasteiger partial charge in [-0.05, 0) is 32.4 Å². The molecule has 1 heterocycles. The van der Waals surface area contributed by atoms with Crippen molar-refractivity contribution in [1.29, 1.82) is 0 Å². The van der Waals surface area contributed by atoms with E-state index < -0.39 is 0 Å². The third-order valence-electron chi connectivity index (χ3n) is 3.65. The molecule has 1 aliphatic rings. The minimum Gasteiger partial charge on any atom is -0.340 e. The first-order valence-corrected chi connectivity index (χ1v) is 6.83. The van der Waals surface area contributed by atoms with E-state index in [1.54, 1.807) is 0 Å². The molecule has 1 rings (SSSR count). The molecule has 4 nitrogen and oxygen atoms in total. The standard InChI is InChI=1S/C13H27N3O/c1-3-4-12(11-14)5-6-13(17)16-9-7-15(2)8-10-16/h12H,3-11,14H2,1-2H3. The number of piperazine rings is 1. The Bertz CT molecular complexity index is 225. The first-order chi connectivity index (χ1) is 8.17. The Hall–Kier alpha value is -0.610. The highest BCUT2D eigenvalue weighted by Gasteiger charge is 2.19. The van der Waals surface area contributed by atoms with Crippen molar-refractivity contribution in [3.8, 4) is 0 Å². The van der Waals surface area contributed by atoms with Gasteiger partial charge in [0.1, 0.15) is 0 Å². The lowest BCUT2D eigenvalue weighted by molar-refractivity contribution is -0.133. The first-order valence-electron chi connectivity index (χ1n) is 6.83. The van der Waals surface area contributed by atoms with Crippen LogP contribution >= 0.6 is 0 Å². The number of nitrogens with two attached hydrogens (primary N) is 1. The van der Waals surface area contributed by atoms with Gasteiger partial charge in [-0.3, -0.25) is 4.79 Å². The molecule has 0 saturated carbocycles. The Balaban J connectivity index is 2.24. The predicted molar refractivity (Wildman–Crippen MR) is 70.8 cm³/mol. The van der Waals surface area contributed by atoms with Crippen molar-refractivity contribution in [2.45, 2.75) is 32.6 Å². The molecule has 100 valence electrons. The van der Waals surface area contributed by atoms with Gasteiger partial charge in [-0.1, -0.05) is 13.3 Å². The zero-order chi connectivity index (χ0) is 12.7. The molecule has 17 heavy (non-hydrogen) atoms. The van der Waals surface area contributed by atoms with E-state index in [0.29, 0.717) is 24.8 Å². The molecular formula is C13H27N3O. The van der Waals surface area contributed by atoms with E-state index in [1.165, 1.54) is 0 Å². The van der Waals surface area contributed by atoms with Crippen LogP contribution in [0.25, 0.3) is 0 Å². The molecule has 0 spiro atoms. The number of hydrogen-bond donors (Lipinski definition) is 1. The Morgan fingerprint density at radius 1 is 1.24 bits per heavy atom. The van der Waals surface area contributed by atoms with Crippen molar-refractivity contribution in [1.82, 2.24) is 9.80 Å². The fourth-order valence-corrected chi connectivity index (χ4v) is 2.33. The maximum atomic E-state index is 12.0. The van der Waals surface area contributed by atoms with Crippen LogP contribution in [0.4, 0.5) is 0 Å². The number of carbonyl (C=O) groups is 1. The van der Waals surface area contributed by atoms with E-state index in [9.17, 15) is 4.79 Å². The normalized spacial score (nSPS) is 19.4. The summed E-state index contributed by atoms with van der Waals surface area (Å²) >= 11 is 0. The summed E-state index contributed by atoms with van der Waals surface area (Å²) in [6.07, 6.45) is 3.93. The van der Waals surface area contributed by atoms with Gasteiger partial charge in [0.15, 0.2) is 0 Å². The fraction of sp³-hybridized carbons (Fsp3) is 0.923. The summed E-state index contributed by atoms with van der Waals surface area (Å²) in [5, 5.41) is 0. The Labute approximate surface area is 105 Å². The summed E-state index contributed by atoms with van der Waals surface area (Å²) in [6.45, 7) is 6.66. The first kappa shape index (κ1) is 14.5. The molecule has 1 atom stereocenters. The number of carbonyl (C=O) groups excluding carboxylic acids is 1. The number of amides is 1. The van der Waals surface area contributed by atoms with Crippen LogP contribution in [0.15, 0.2) is 0 Å². The number of likely N-dealkylation sites (N-methyl/N-ethyl adjacent to an activating group) is 1. The largest absolute Gasteiger partial charge is 0.340 e. The highest BCUT2D eigenvalue weighted by Crippen LogP contribution is 2.13. The van der Waals surface area contributed by atoms with Crippen LogP contribution in [0.5, 0.6) is 0 Å².